The Morgan fingerprint density at radius 2 is 1.71 bits per heavy atom. The Labute approximate surface area is 215 Å². The van der Waals surface area contributed by atoms with Crippen molar-refractivity contribution >= 4 is 34.8 Å². The van der Waals surface area contributed by atoms with Crippen LogP contribution in [-0.4, -0.2) is 65.8 Å². The van der Waals surface area contributed by atoms with E-state index in [2.05, 4.69) is 46.7 Å². The van der Waals surface area contributed by atoms with Gasteiger partial charge in [-0.1, -0.05) is 48.0 Å². The van der Waals surface area contributed by atoms with Crippen LogP contribution >= 0.6 is 22.9 Å². The van der Waals surface area contributed by atoms with Crippen LogP contribution in [0.3, 0.4) is 0 Å². The van der Waals surface area contributed by atoms with Gasteiger partial charge in [0.05, 0.1) is 6.04 Å². The summed E-state index contributed by atoms with van der Waals surface area (Å²) in [6.07, 6.45) is 2.31. The maximum atomic E-state index is 13.2. The maximum Gasteiger partial charge on any atom is 0.253 e. The number of halogens is 1. The summed E-state index contributed by atoms with van der Waals surface area (Å²) in [6.45, 7) is 4.15. The van der Waals surface area contributed by atoms with Crippen LogP contribution in [0.25, 0.3) is 0 Å². The quantitative estimate of drug-likeness (QED) is 0.482. The largest absolute Gasteiger partial charge is 0.341 e. The molecular weight excluding hydrogens is 478 g/mol. The van der Waals surface area contributed by atoms with Crippen molar-refractivity contribution in [1.82, 2.24) is 14.7 Å². The third-order valence-electron chi connectivity index (χ3n) is 7.00. The number of nitrogens with zero attached hydrogens (tertiary/aromatic N) is 3. The molecule has 2 aliphatic rings. The van der Waals surface area contributed by atoms with Crippen molar-refractivity contribution in [3.8, 4) is 0 Å². The minimum atomic E-state index is -0.0209. The molecule has 35 heavy (non-hydrogen) atoms. The first-order chi connectivity index (χ1) is 17.1. The first-order valence-corrected chi connectivity index (χ1v) is 13.5. The van der Waals surface area contributed by atoms with Gasteiger partial charge in [-0.05, 0) is 53.6 Å². The number of benzene rings is 2. The van der Waals surface area contributed by atoms with Crippen molar-refractivity contribution in [2.24, 2.45) is 0 Å². The van der Waals surface area contributed by atoms with E-state index in [4.69, 9.17) is 11.6 Å². The van der Waals surface area contributed by atoms with Gasteiger partial charge in [0.1, 0.15) is 0 Å². The van der Waals surface area contributed by atoms with Crippen LogP contribution in [0, 0.1) is 0 Å². The summed E-state index contributed by atoms with van der Waals surface area (Å²) in [6, 6.07) is 20.1. The maximum absolute atomic E-state index is 13.2. The first-order valence-electron chi connectivity index (χ1n) is 12.3. The fraction of sp³-hybridized carbons (Fsp3) is 0.357. The molecule has 3 aromatic rings. The first kappa shape index (κ1) is 24.0. The second-order valence-electron chi connectivity index (χ2n) is 9.19. The molecule has 1 saturated heterocycles. The molecule has 0 radical (unpaired) electrons. The highest BCUT2D eigenvalue weighted by atomic mass is 35.5. The number of carbonyl (C=O) groups is 2. The smallest absolute Gasteiger partial charge is 0.253 e. The van der Waals surface area contributed by atoms with Gasteiger partial charge >= 0.3 is 0 Å². The van der Waals surface area contributed by atoms with Crippen molar-refractivity contribution in [2.45, 2.75) is 25.3 Å². The van der Waals surface area contributed by atoms with E-state index in [1.165, 1.54) is 16.0 Å². The predicted molar refractivity (Wildman–Crippen MR) is 141 cm³/mol. The summed E-state index contributed by atoms with van der Waals surface area (Å²) in [4.78, 5) is 33.8. The van der Waals surface area contributed by atoms with Gasteiger partial charge in [-0.2, -0.15) is 0 Å². The number of amides is 2. The fourth-order valence-electron chi connectivity index (χ4n) is 5.21. The van der Waals surface area contributed by atoms with Gasteiger partial charge in [0.25, 0.3) is 5.91 Å². The van der Waals surface area contributed by atoms with Crippen molar-refractivity contribution in [3.05, 3.63) is 92.6 Å². The van der Waals surface area contributed by atoms with Crippen LogP contribution in [0.4, 0.5) is 0 Å². The minimum absolute atomic E-state index is 0.0209. The number of rotatable bonds is 5. The molecule has 5 nitrogen and oxygen atoms in total. The Kier molecular flexibility index (Phi) is 7.51. The van der Waals surface area contributed by atoms with E-state index in [0.717, 1.165) is 25.9 Å². The fourth-order valence-corrected chi connectivity index (χ4v) is 6.30. The van der Waals surface area contributed by atoms with Crippen LogP contribution in [0.15, 0.2) is 66.0 Å². The molecule has 1 aromatic heterocycles. The molecule has 1 atom stereocenters. The lowest BCUT2D eigenvalue weighted by Gasteiger charge is -2.36. The third kappa shape index (κ3) is 5.45. The van der Waals surface area contributed by atoms with Crippen LogP contribution < -0.4 is 0 Å². The van der Waals surface area contributed by atoms with Gasteiger partial charge in [-0.3, -0.25) is 14.5 Å². The average Bonchev–Trinajstić information content (AvgIpc) is 3.22. The summed E-state index contributed by atoms with van der Waals surface area (Å²) < 4.78 is 0. The van der Waals surface area contributed by atoms with Crippen LogP contribution in [0.2, 0.25) is 5.02 Å². The van der Waals surface area contributed by atoms with Crippen molar-refractivity contribution < 1.29 is 9.59 Å². The Bertz CT molecular complexity index is 1180. The van der Waals surface area contributed by atoms with Gasteiger partial charge in [0, 0.05) is 61.2 Å². The molecular formula is C28H30ClN3O2S. The molecule has 1 fully saturated rings. The lowest BCUT2D eigenvalue weighted by atomic mass is 9.93. The molecule has 3 heterocycles. The number of carbonyl (C=O) groups excluding carboxylic acids is 2. The Morgan fingerprint density at radius 3 is 2.54 bits per heavy atom. The van der Waals surface area contributed by atoms with Gasteiger partial charge in [0.15, 0.2) is 0 Å². The van der Waals surface area contributed by atoms with Crippen LogP contribution in [0.1, 0.15) is 45.2 Å². The summed E-state index contributed by atoms with van der Waals surface area (Å²) in [5.74, 6) is 0.150. The Hall–Kier alpha value is -2.67. The third-order valence-corrected chi connectivity index (χ3v) is 8.23. The lowest BCUT2D eigenvalue weighted by molar-refractivity contribution is -0.131. The van der Waals surface area contributed by atoms with E-state index in [0.29, 0.717) is 43.2 Å². The highest BCUT2D eigenvalue weighted by Crippen LogP contribution is 2.37. The molecule has 0 spiro atoms. The summed E-state index contributed by atoms with van der Waals surface area (Å²) in [5, 5.41) is 2.74. The average molecular weight is 508 g/mol. The molecule has 0 bridgehead atoms. The topological polar surface area (TPSA) is 43.9 Å². The van der Waals surface area contributed by atoms with Gasteiger partial charge < -0.3 is 9.80 Å². The number of fused-ring (bicyclic) bond motifs is 1. The SMILES string of the molecule is O=C(CCN1CCc2sccc2C1c1ccccc1)N1CCCN(C(=O)c2cccc(Cl)c2)CC1. The normalized spacial score (nSPS) is 18.7. The van der Waals surface area contributed by atoms with Crippen LogP contribution in [0.5, 0.6) is 0 Å². The molecule has 0 N–H and O–H groups in total. The van der Waals surface area contributed by atoms with Crippen LogP contribution in [-0.2, 0) is 11.2 Å². The second-order valence-corrected chi connectivity index (χ2v) is 10.6. The van der Waals surface area contributed by atoms with E-state index in [1.807, 2.05) is 21.1 Å². The molecule has 7 heteroatoms. The van der Waals surface area contributed by atoms with E-state index >= 15 is 0 Å². The Morgan fingerprint density at radius 1 is 0.914 bits per heavy atom. The minimum Gasteiger partial charge on any atom is -0.341 e. The summed E-state index contributed by atoms with van der Waals surface area (Å²) >= 11 is 7.90. The number of thiophene rings is 1. The van der Waals surface area contributed by atoms with Gasteiger partial charge in [-0.25, -0.2) is 0 Å². The van der Waals surface area contributed by atoms with Crippen molar-refractivity contribution in [2.75, 3.05) is 39.3 Å². The molecule has 0 saturated carbocycles. The zero-order valence-corrected chi connectivity index (χ0v) is 21.3. The summed E-state index contributed by atoms with van der Waals surface area (Å²) in [7, 11) is 0. The predicted octanol–water partition coefficient (Wildman–Crippen LogP) is 5.11. The van der Waals surface area contributed by atoms with Crippen molar-refractivity contribution in [1.29, 1.82) is 0 Å². The number of hydrogen-bond acceptors (Lipinski definition) is 4. The van der Waals surface area contributed by atoms with Gasteiger partial charge in [-0.15, -0.1) is 11.3 Å². The van der Waals surface area contributed by atoms with E-state index in [-0.39, 0.29) is 17.9 Å². The zero-order valence-electron chi connectivity index (χ0n) is 19.7. The molecule has 0 aliphatic carbocycles. The molecule has 2 amide bonds. The monoisotopic (exact) mass is 507 g/mol. The second kappa shape index (κ2) is 10.9. The highest BCUT2D eigenvalue weighted by molar-refractivity contribution is 7.10. The van der Waals surface area contributed by atoms with E-state index in [1.54, 1.807) is 24.3 Å². The highest BCUT2D eigenvalue weighted by Gasteiger charge is 2.30. The molecule has 5 rings (SSSR count). The molecule has 2 aliphatic heterocycles. The standard InChI is InChI=1S/C28H30ClN3O2S/c29-23-9-4-8-22(20-23)28(34)32-14-5-13-30(17-18-32)26(33)11-16-31-15-10-25-24(12-19-35-25)27(31)21-6-2-1-3-7-21/h1-4,6-9,12,19-20,27H,5,10-11,13-18H2. The Balaban J connectivity index is 1.20. The lowest BCUT2D eigenvalue weighted by Crippen LogP contribution is -2.40. The molecule has 1 unspecified atom stereocenters. The van der Waals surface area contributed by atoms with E-state index < -0.39 is 0 Å². The zero-order chi connectivity index (χ0) is 24.2. The van der Waals surface area contributed by atoms with Gasteiger partial charge in [0.2, 0.25) is 5.91 Å². The molecule has 2 aromatic carbocycles. The number of hydrogen-bond donors (Lipinski definition) is 0. The summed E-state index contributed by atoms with van der Waals surface area (Å²) in [5.41, 5.74) is 3.26. The van der Waals surface area contributed by atoms with E-state index in [9.17, 15) is 9.59 Å². The van der Waals surface area contributed by atoms with Crippen molar-refractivity contribution in [3.63, 3.8) is 0 Å². The molecule has 182 valence electrons.